The number of benzene rings is 2. The first-order valence-corrected chi connectivity index (χ1v) is 9.42. The van der Waals surface area contributed by atoms with Crippen molar-refractivity contribution in [3.05, 3.63) is 66.1 Å². The molecule has 3 aromatic rings. The van der Waals surface area contributed by atoms with Crippen LogP contribution in [0.15, 0.2) is 59.6 Å². The van der Waals surface area contributed by atoms with E-state index in [-0.39, 0.29) is 22.3 Å². The van der Waals surface area contributed by atoms with Gasteiger partial charge in [0.25, 0.3) is 10.0 Å². The Hall–Kier alpha value is -3.07. The first-order valence-electron chi connectivity index (χ1n) is 7.94. The van der Waals surface area contributed by atoms with E-state index in [1.165, 1.54) is 50.6 Å². The van der Waals surface area contributed by atoms with Crippen molar-refractivity contribution in [3.63, 3.8) is 0 Å². The molecule has 142 valence electrons. The zero-order chi connectivity index (χ0) is 19.4. The summed E-state index contributed by atoms with van der Waals surface area (Å²) in [6, 6.07) is 12.0. The van der Waals surface area contributed by atoms with Gasteiger partial charge in [-0.05, 0) is 29.8 Å². The third kappa shape index (κ3) is 4.37. The van der Waals surface area contributed by atoms with E-state index >= 15 is 0 Å². The number of hydrogen-bond acceptors (Lipinski definition) is 5. The summed E-state index contributed by atoms with van der Waals surface area (Å²) in [4.78, 5) is -0.0288. The fourth-order valence-electron chi connectivity index (χ4n) is 2.47. The summed E-state index contributed by atoms with van der Waals surface area (Å²) >= 11 is 0. The molecule has 27 heavy (non-hydrogen) atoms. The first kappa shape index (κ1) is 18.7. The normalized spacial score (nSPS) is 11.2. The van der Waals surface area contributed by atoms with Crippen LogP contribution in [0.1, 0.15) is 5.56 Å². The molecule has 0 aliphatic rings. The fraction of sp³-hybridized carbons (Fsp3) is 0.167. The lowest BCUT2D eigenvalue weighted by Gasteiger charge is -2.11. The maximum atomic E-state index is 13.0. The van der Waals surface area contributed by atoms with Crippen LogP contribution in [0, 0.1) is 5.82 Å². The lowest BCUT2D eigenvalue weighted by molar-refractivity contribution is 0.386. The van der Waals surface area contributed by atoms with Gasteiger partial charge in [-0.2, -0.15) is 5.10 Å². The number of sulfonamides is 1. The SMILES string of the molecule is COc1ccc(S(=O)(=O)Nc2ccn(Cc3ccc(F)cc3)n2)c(OC)c1. The standard InChI is InChI=1S/C18H18FN3O4S/c1-25-15-7-8-17(16(11-15)26-2)27(23,24)21-18-9-10-22(20-18)12-13-3-5-14(19)6-4-13/h3-11H,12H2,1-2H3,(H,20,21). The first-order chi connectivity index (χ1) is 12.9. The van der Waals surface area contributed by atoms with Crippen molar-refractivity contribution >= 4 is 15.8 Å². The molecule has 2 aromatic carbocycles. The van der Waals surface area contributed by atoms with Gasteiger partial charge in [-0.3, -0.25) is 9.40 Å². The highest BCUT2D eigenvalue weighted by Gasteiger charge is 2.21. The molecule has 0 bridgehead atoms. The molecule has 1 N–H and O–H groups in total. The Bertz CT molecular complexity index is 1030. The minimum absolute atomic E-state index is 0.0288. The molecule has 0 atom stereocenters. The zero-order valence-corrected chi connectivity index (χ0v) is 15.5. The number of methoxy groups -OCH3 is 2. The maximum absolute atomic E-state index is 13.0. The van der Waals surface area contributed by atoms with Gasteiger partial charge >= 0.3 is 0 Å². The minimum Gasteiger partial charge on any atom is -0.497 e. The molecule has 0 saturated carbocycles. The number of hydrogen-bond donors (Lipinski definition) is 1. The number of ether oxygens (including phenoxy) is 2. The average Bonchev–Trinajstić information content (AvgIpc) is 3.09. The lowest BCUT2D eigenvalue weighted by atomic mass is 10.2. The molecular weight excluding hydrogens is 373 g/mol. The lowest BCUT2D eigenvalue weighted by Crippen LogP contribution is -2.15. The highest BCUT2D eigenvalue weighted by Crippen LogP contribution is 2.29. The van der Waals surface area contributed by atoms with Crippen LogP contribution in [0.25, 0.3) is 0 Å². The van der Waals surface area contributed by atoms with Crippen molar-refractivity contribution in [3.8, 4) is 11.5 Å². The number of halogens is 1. The topological polar surface area (TPSA) is 82.5 Å². The van der Waals surface area contributed by atoms with Gasteiger partial charge in [-0.25, -0.2) is 12.8 Å². The quantitative estimate of drug-likeness (QED) is 0.670. The third-order valence-corrected chi connectivity index (χ3v) is 5.19. The van der Waals surface area contributed by atoms with Crippen LogP contribution in [0.2, 0.25) is 0 Å². The van der Waals surface area contributed by atoms with E-state index in [9.17, 15) is 12.8 Å². The van der Waals surface area contributed by atoms with Crippen LogP contribution < -0.4 is 14.2 Å². The van der Waals surface area contributed by atoms with E-state index < -0.39 is 10.0 Å². The molecule has 7 nitrogen and oxygen atoms in total. The second kappa shape index (κ2) is 7.67. The van der Waals surface area contributed by atoms with E-state index in [1.54, 1.807) is 23.0 Å². The smallest absolute Gasteiger partial charge is 0.266 e. The predicted molar refractivity (Wildman–Crippen MR) is 98.1 cm³/mol. The Labute approximate surface area is 156 Å². The van der Waals surface area contributed by atoms with Gasteiger partial charge in [0.1, 0.15) is 22.2 Å². The van der Waals surface area contributed by atoms with Gasteiger partial charge in [-0.15, -0.1) is 0 Å². The summed E-state index contributed by atoms with van der Waals surface area (Å²) in [6.07, 6.45) is 1.63. The van der Waals surface area contributed by atoms with E-state index in [0.29, 0.717) is 12.3 Å². The second-order valence-electron chi connectivity index (χ2n) is 5.65. The molecule has 0 unspecified atom stereocenters. The largest absolute Gasteiger partial charge is 0.497 e. The summed E-state index contributed by atoms with van der Waals surface area (Å²) in [7, 11) is -1.04. The molecule has 0 radical (unpaired) electrons. The van der Waals surface area contributed by atoms with Crippen molar-refractivity contribution in [1.82, 2.24) is 9.78 Å². The van der Waals surface area contributed by atoms with E-state index in [4.69, 9.17) is 9.47 Å². The van der Waals surface area contributed by atoms with Crippen molar-refractivity contribution in [2.24, 2.45) is 0 Å². The van der Waals surface area contributed by atoms with E-state index in [1.807, 2.05) is 0 Å². The van der Waals surface area contributed by atoms with Gasteiger partial charge < -0.3 is 9.47 Å². The van der Waals surface area contributed by atoms with Crippen LogP contribution in [-0.4, -0.2) is 32.4 Å². The molecule has 0 saturated heterocycles. The molecule has 1 aromatic heterocycles. The molecule has 3 rings (SSSR count). The second-order valence-corrected chi connectivity index (χ2v) is 7.30. The number of nitrogens with zero attached hydrogens (tertiary/aromatic N) is 2. The minimum atomic E-state index is -3.90. The highest BCUT2D eigenvalue weighted by atomic mass is 32.2. The number of nitrogens with one attached hydrogen (secondary N) is 1. The summed E-state index contributed by atoms with van der Waals surface area (Å²) in [5.41, 5.74) is 0.839. The Morgan fingerprint density at radius 1 is 1.07 bits per heavy atom. The predicted octanol–water partition coefficient (Wildman–Crippen LogP) is 2.89. The van der Waals surface area contributed by atoms with E-state index in [0.717, 1.165) is 5.56 Å². The summed E-state index contributed by atoms with van der Waals surface area (Å²) in [6.45, 7) is 0.383. The Balaban J connectivity index is 1.78. The molecule has 0 aliphatic heterocycles. The van der Waals surface area contributed by atoms with Crippen molar-refractivity contribution in [1.29, 1.82) is 0 Å². The average molecular weight is 391 g/mol. The molecule has 1 heterocycles. The molecule has 0 fully saturated rings. The van der Waals surface area contributed by atoms with Gasteiger partial charge in [0.05, 0.1) is 20.8 Å². The molecule has 9 heteroatoms. The maximum Gasteiger partial charge on any atom is 0.266 e. The van der Waals surface area contributed by atoms with E-state index in [2.05, 4.69) is 9.82 Å². The van der Waals surface area contributed by atoms with Crippen LogP contribution in [0.4, 0.5) is 10.2 Å². The number of aromatic nitrogens is 2. The molecule has 0 aliphatic carbocycles. The van der Waals surface area contributed by atoms with Crippen LogP contribution in [-0.2, 0) is 16.6 Å². The van der Waals surface area contributed by atoms with Crippen LogP contribution in [0.5, 0.6) is 11.5 Å². The zero-order valence-electron chi connectivity index (χ0n) is 14.7. The summed E-state index contributed by atoms with van der Waals surface area (Å²) in [5.74, 6) is 0.484. The number of rotatable bonds is 7. The van der Waals surface area contributed by atoms with Gasteiger partial charge in [0.15, 0.2) is 5.82 Å². The molecule has 0 spiro atoms. The van der Waals surface area contributed by atoms with Crippen molar-refractivity contribution < 1.29 is 22.3 Å². The fourth-order valence-corrected chi connectivity index (χ4v) is 3.62. The van der Waals surface area contributed by atoms with Gasteiger partial charge in [0, 0.05) is 18.3 Å². The number of anilines is 1. The Kier molecular flexibility index (Phi) is 5.31. The monoisotopic (exact) mass is 391 g/mol. The third-order valence-electron chi connectivity index (χ3n) is 3.80. The highest BCUT2D eigenvalue weighted by molar-refractivity contribution is 7.92. The van der Waals surface area contributed by atoms with Gasteiger partial charge in [-0.1, -0.05) is 12.1 Å². The Morgan fingerprint density at radius 2 is 1.81 bits per heavy atom. The summed E-state index contributed by atoms with van der Waals surface area (Å²) in [5, 5.41) is 4.20. The van der Waals surface area contributed by atoms with Crippen LogP contribution in [0.3, 0.4) is 0 Å². The van der Waals surface area contributed by atoms with Crippen molar-refractivity contribution in [2.45, 2.75) is 11.4 Å². The Morgan fingerprint density at radius 3 is 2.48 bits per heavy atom. The van der Waals surface area contributed by atoms with Crippen molar-refractivity contribution in [2.75, 3.05) is 18.9 Å². The molecule has 0 amide bonds. The van der Waals surface area contributed by atoms with Crippen LogP contribution >= 0.6 is 0 Å². The summed E-state index contributed by atoms with van der Waals surface area (Å²) < 4.78 is 52.5. The van der Waals surface area contributed by atoms with Gasteiger partial charge in [0.2, 0.25) is 0 Å². The molecular formula is C18H18FN3O4S.